The lowest BCUT2D eigenvalue weighted by molar-refractivity contribution is -0.384. The molecule has 1 unspecified atom stereocenters. The maximum atomic E-state index is 12.7. The lowest BCUT2D eigenvalue weighted by Gasteiger charge is -2.13. The summed E-state index contributed by atoms with van der Waals surface area (Å²) < 4.78 is 16.6. The zero-order chi connectivity index (χ0) is 20.3. The van der Waals surface area contributed by atoms with Crippen LogP contribution in [0, 0.1) is 10.1 Å². The fraction of sp³-hybridized carbons (Fsp3) is 0.250. The number of ether oxygens (including phenoxy) is 2. The summed E-state index contributed by atoms with van der Waals surface area (Å²) in [6, 6.07) is 10.8. The van der Waals surface area contributed by atoms with Gasteiger partial charge in [-0.25, -0.2) is 0 Å². The van der Waals surface area contributed by atoms with Crippen molar-refractivity contribution >= 4 is 22.6 Å². The third-order valence-electron chi connectivity index (χ3n) is 4.24. The van der Waals surface area contributed by atoms with Crippen molar-refractivity contribution in [3.8, 4) is 11.5 Å². The summed E-state index contributed by atoms with van der Waals surface area (Å²) in [5.41, 5.74) is 0.492. The van der Waals surface area contributed by atoms with Gasteiger partial charge in [0.15, 0.2) is 11.3 Å². The number of nitrogens with one attached hydrogen (secondary N) is 1. The Bertz CT molecular complexity index is 1030. The molecule has 0 aliphatic carbocycles. The number of amides is 1. The first-order chi connectivity index (χ1) is 13.4. The number of rotatable bonds is 7. The highest BCUT2D eigenvalue weighted by atomic mass is 16.6. The fourth-order valence-electron chi connectivity index (χ4n) is 2.87. The number of hydrogen-bond donors (Lipinski definition) is 1. The average Bonchev–Trinajstić information content (AvgIpc) is 3.13. The highest BCUT2D eigenvalue weighted by Crippen LogP contribution is 2.31. The van der Waals surface area contributed by atoms with Crippen LogP contribution in [0.3, 0.4) is 0 Å². The molecule has 0 aliphatic rings. The Morgan fingerprint density at radius 3 is 2.71 bits per heavy atom. The number of furan rings is 1. The van der Waals surface area contributed by atoms with Gasteiger partial charge in [-0.2, -0.15) is 0 Å². The summed E-state index contributed by atoms with van der Waals surface area (Å²) in [6.07, 6.45) is 0. The number of benzene rings is 2. The van der Waals surface area contributed by atoms with E-state index in [0.29, 0.717) is 23.7 Å². The third-order valence-corrected chi connectivity index (χ3v) is 4.24. The predicted molar refractivity (Wildman–Crippen MR) is 103 cm³/mol. The third kappa shape index (κ3) is 3.75. The van der Waals surface area contributed by atoms with Gasteiger partial charge in [0, 0.05) is 17.5 Å². The number of methoxy groups -OCH3 is 1. The van der Waals surface area contributed by atoms with Crippen molar-refractivity contribution in [1.29, 1.82) is 0 Å². The number of nitro benzene ring substituents is 1. The van der Waals surface area contributed by atoms with Crippen LogP contribution in [0.4, 0.5) is 5.69 Å². The Morgan fingerprint density at radius 2 is 2.04 bits per heavy atom. The highest BCUT2D eigenvalue weighted by Gasteiger charge is 2.21. The molecule has 0 aliphatic heterocycles. The van der Waals surface area contributed by atoms with Gasteiger partial charge in [-0.3, -0.25) is 14.9 Å². The molecule has 0 radical (unpaired) electrons. The maximum absolute atomic E-state index is 12.7. The molecular weight excluding hydrogens is 364 g/mol. The van der Waals surface area contributed by atoms with Crippen LogP contribution in [0.5, 0.6) is 11.5 Å². The molecular formula is C20H20N2O6. The number of carbonyl (C=O) groups is 1. The van der Waals surface area contributed by atoms with Crippen molar-refractivity contribution in [2.45, 2.75) is 19.9 Å². The number of nitrogens with zero attached hydrogens (tertiary/aromatic N) is 1. The van der Waals surface area contributed by atoms with Gasteiger partial charge < -0.3 is 19.2 Å². The zero-order valence-electron chi connectivity index (χ0n) is 15.7. The van der Waals surface area contributed by atoms with E-state index in [9.17, 15) is 14.9 Å². The number of hydrogen-bond acceptors (Lipinski definition) is 6. The molecule has 3 aromatic rings. The van der Waals surface area contributed by atoms with E-state index < -0.39 is 16.9 Å². The number of para-hydroxylation sites is 1. The summed E-state index contributed by atoms with van der Waals surface area (Å²) in [5.74, 6) is 0.919. The standard InChI is InChI=1S/C20H20N2O6/c1-4-27-17-7-5-6-13-10-18(28-19(13)17)12(2)21-20(23)15-11-14(22(24)25)8-9-16(15)26-3/h5-12H,4H2,1-3H3,(H,21,23). The number of fused-ring (bicyclic) bond motifs is 1. The van der Waals surface area contributed by atoms with Crippen LogP contribution in [-0.2, 0) is 0 Å². The Labute approximate surface area is 161 Å². The van der Waals surface area contributed by atoms with Crippen molar-refractivity contribution in [3.05, 3.63) is 63.9 Å². The lowest BCUT2D eigenvalue weighted by atomic mass is 10.1. The molecule has 28 heavy (non-hydrogen) atoms. The Kier molecular flexibility index (Phi) is 5.49. The molecule has 1 N–H and O–H groups in total. The quantitative estimate of drug-likeness (QED) is 0.483. The van der Waals surface area contributed by atoms with E-state index in [-0.39, 0.29) is 17.0 Å². The minimum Gasteiger partial charge on any atom is -0.496 e. The molecule has 1 amide bonds. The summed E-state index contributed by atoms with van der Waals surface area (Å²) in [7, 11) is 1.40. The molecule has 8 heteroatoms. The minimum absolute atomic E-state index is 0.0784. The van der Waals surface area contributed by atoms with Gasteiger partial charge >= 0.3 is 0 Å². The van der Waals surface area contributed by atoms with Gasteiger partial charge in [0.05, 0.1) is 30.2 Å². The first-order valence-electron chi connectivity index (χ1n) is 8.73. The Morgan fingerprint density at radius 1 is 1.25 bits per heavy atom. The van der Waals surface area contributed by atoms with Crippen LogP contribution >= 0.6 is 0 Å². The van der Waals surface area contributed by atoms with E-state index in [2.05, 4.69) is 5.32 Å². The second-order valence-corrected chi connectivity index (χ2v) is 6.09. The van der Waals surface area contributed by atoms with E-state index in [1.807, 2.05) is 31.2 Å². The van der Waals surface area contributed by atoms with Crippen LogP contribution in [0.15, 0.2) is 46.9 Å². The Hall–Kier alpha value is -3.55. The first kappa shape index (κ1) is 19.2. The smallest absolute Gasteiger partial charge is 0.270 e. The van der Waals surface area contributed by atoms with Crippen molar-refractivity contribution < 1.29 is 23.6 Å². The van der Waals surface area contributed by atoms with Gasteiger partial charge in [0.1, 0.15) is 11.5 Å². The maximum Gasteiger partial charge on any atom is 0.270 e. The van der Waals surface area contributed by atoms with E-state index in [4.69, 9.17) is 13.9 Å². The molecule has 1 atom stereocenters. The monoisotopic (exact) mass is 384 g/mol. The van der Waals surface area contributed by atoms with Crippen LogP contribution in [0.1, 0.15) is 36.0 Å². The second-order valence-electron chi connectivity index (χ2n) is 6.09. The van der Waals surface area contributed by atoms with Crippen molar-refractivity contribution in [1.82, 2.24) is 5.32 Å². The molecule has 0 saturated carbocycles. The van der Waals surface area contributed by atoms with Crippen LogP contribution in [-0.4, -0.2) is 24.5 Å². The zero-order valence-corrected chi connectivity index (χ0v) is 15.7. The highest BCUT2D eigenvalue weighted by molar-refractivity contribution is 5.98. The van der Waals surface area contributed by atoms with Gasteiger partial charge in [-0.05, 0) is 32.0 Å². The largest absolute Gasteiger partial charge is 0.496 e. The van der Waals surface area contributed by atoms with E-state index >= 15 is 0 Å². The normalized spacial score (nSPS) is 11.8. The van der Waals surface area contributed by atoms with Crippen molar-refractivity contribution in [3.63, 3.8) is 0 Å². The molecule has 1 aromatic heterocycles. The first-order valence-corrected chi connectivity index (χ1v) is 8.73. The topological polar surface area (TPSA) is 104 Å². The van der Waals surface area contributed by atoms with Crippen LogP contribution in [0.25, 0.3) is 11.0 Å². The molecule has 0 bridgehead atoms. The summed E-state index contributed by atoms with van der Waals surface area (Å²) >= 11 is 0. The SMILES string of the molecule is CCOc1cccc2cc(C(C)NC(=O)c3cc([N+](=O)[O-])ccc3OC)oc12. The molecule has 3 rings (SSSR count). The average molecular weight is 384 g/mol. The van der Waals surface area contributed by atoms with E-state index in [1.54, 1.807) is 6.92 Å². The fourth-order valence-corrected chi connectivity index (χ4v) is 2.87. The lowest BCUT2D eigenvalue weighted by Crippen LogP contribution is -2.26. The molecule has 1 heterocycles. The van der Waals surface area contributed by atoms with Gasteiger partial charge in [-0.15, -0.1) is 0 Å². The number of non-ortho nitro benzene ring substituents is 1. The number of nitro groups is 1. The second kappa shape index (κ2) is 7.99. The summed E-state index contributed by atoms with van der Waals surface area (Å²) in [5, 5.41) is 14.7. The van der Waals surface area contributed by atoms with Crippen molar-refractivity contribution in [2.75, 3.05) is 13.7 Å². The van der Waals surface area contributed by atoms with Gasteiger partial charge in [0.25, 0.3) is 11.6 Å². The minimum atomic E-state index is -0.561. The van der Waals surface area contributed by atoms with Gasteiger partial charge in [-0.1, -0.05) is 12.1 Å². The molecule has 0 fully saturated rings. The molecule has 0 spiro atoms. The van der Waals surface area contributed by atoms with Crippen LogP contribution < -0.4 is 14.8 Å². The molecule has 2 aromatic carbocycles. The summed E-state index contributed by atoms with van der Waals surface area (Å²) in [4.78, 5) is 23.1. The molecule has 0 saturated heterocycles. The van der Waals surface area contributed by atoms with Gasteiger partial charge in [0.2, 0.25) is 0 Å². The summed E-state index contributed by atoms with van der Waals surface area (Å²) in [6.45, 7) is 4.16. The van der Waals surface area contributed by atoms with E-state index in [1.165, 1.54) is 25.3 Å². The van der Waals surface area contributed by atoms with E-state index in [0.717, 1.165) is 5.39 Å². The van der Waals surface area contributed by atoms with Crippen molar-refractivity contribution in [2.24, 2.45) is 0 Å². The van der Waals surface area contributed by atoms with Crippen LogP contribution in [0.2, 0.25) is 0 Å². The molecule has 8 nitrogen and oxygen atoms in total. The molecule has 146 valence electrons. The Balaban J connectivity index is 1.87. The number of carbonyl (C=O) groups excluding carboxylic acids is 1. The predicted octanol–water partition coefficient (Wildman–Crippen LogP) is 4.24.